The Kier molecular flexibility index (Phi) is 1.59. The Bertz CT molecular complexity index is 417. The van der Waals surface area contributed by atoms with Crippen LogP contribution in [0.25, 0.3) is 11.5 Å². The molecule has 0 spiro atoms. The van der Waals surface area contributed by atoms with Gasteiger partial charge in [-0.1, -0.05) is 0 Å². The normalized spacial score (nSPS) is 15.7. The van der Waals surface area contributed by atoms with Crippen LogP contribution in [-0.2, 0) is 0 Å². The van der Waals surface area contributed by atoms with Crippen molar-refractivity contribution >= 4 is 0 Å². The molecule has 1 aliphatic carbocycles. The standard InChI is InChI=1S/C10H9N3O/c1-2-7(1)9-4-3-8(5-11-9)10-13-12-6-14-10/h3-7H,1-2H2. The first-order valence-electron chi connectivity index (χ1n) is 4.66. The molecular formula is C10H9N3O. The molecule has 3 rings (SSSR count). The van der Waals surface area contributed by atoms with Crippen molar-refractivity contribution in [2.45, 2.75) is 18.8 Å². The molecule has 0 aliphatic heterocycles. The van der Waals surface area contributed by atoms with E-state index in [1.807, 2.05) is 12.1 Å². The molecule has 2 heterocycles. The summed E-state index contributed by atoms with van der Waals surface area (Å²) in [6.07, 6.45) is 5.66. The number of nitrogens with zero attached hydrogens (tertiary/aromatic N) is 3. The van der Waals surface area contributed by atoms with Crippen LogP contribution in [0.5, 0.6) is 0 Å². The van der Waals surface area contributed by atoms with Crippen molar-refractivity contribution in [1.29, 1.82) is 0 Å². The predicted molar refractivity (Wildman–Crippen MR) is 49.5 cm³/mol. The van der Waals surface area contributed by atoms with Crippen LogP contribution in [-0.4, -0.2) is 15.2 Å². The van der Waals surface area contributed by atoms with Crippen LogP contribution < -0.4 is 0 Å². The average molecular weight is 187 g/mol. The van der Waals surface area contributed by atoms with Gasteiger partial charge in [0.1, 0.15) is 0 Å². The van der Waals surface area contributed by atoms with Crippen LogP contribution in [0.1, 0.15) is 24.5 Å². The minimum atomic E-state index is 0.528. The summed E-state index contributed by atoms with van der Waals surface area (Å²) in [4.78, 5) is 4.37. The van der Waals surface area contributed by atoms with Crippen LogP contribution in [0.4, 0.5) is 0 Å². The average Bonchev–Trinajstić information content (AvgIpc) is 2.94. The zero-order chi connectivity index (χ0) is 9.38. The minimum absolute atomic E-state index is 0.528. The van der Waals surface area contributed by atoms with Crippen LogP contribution in [0, 0.1) is 0 Å². The van der Waals surface area contributed by atoms with E-state index in [4.69, 9.17) is 4.42 Å². The van der Waals surface area contributed by atoms with Gasteiger partial charge in [-0.25, -0.2) is 0 Å². The van der Waals surface area contributed by atoms with Gasteiger partial charge in [0.2, 0.25) is 12.3 Å². The molecule has 0 radical (unpaired) electrons. The van der Waals surface area contributed by atoms with Gasteiger partial charge in [-0.05, 0) is 25.0 Å². The quantitative estimate of drug-likeness (QED) is 0.721. The Hall–Kier alpha value is -1.71. The van der Waals surface area contributed by atoms with E-state index in [1.54, 1.807) is 6.20 Å². The molecule has 2 aromatic rings. The van der Waals surface area contributed by atoms with Gasteiger partial charge in [0, 0.05) is 17.8 Å². The highest BCUT2D eigenvalue weighted by Gasteiger charge is 2.24. The Labute approximate surface area is 81.0 Å². The highest BCUT2D eigenvalue weighted by Crippen LogP contribution is 2.39. The smallest absolute Gasteiger partial charge is 0.248 e. The van der Waals surface area contributed by atoms with E-state index in [-0.39, 0.29) is 0 Å². The third-order valence-corrected chi connectivity index (χ3v) is 2.39. The highest BCUT2D eigenvalue weighted by atomic mass is 16.4. The first kappa shape index (κ1) is 7.67. The van der Waals surface area contributed by atoms with Crippen molar-refractivity contribution in [2.24, 2.45) is 0 Å². The molecule has 0 aromatic carbocycles. The largest absolute Gasteiger partial charge is 0.423 e. The number of rotatable bonds is 2. The van der Waals surface area contributed by atoms with Gasteiger partial charge in [-0.15, -0.1) is 10.2 Å². The summed E-state index contributed by atoms with van der Waals surface area (Å²) in [6.45, 7) is 0. The van der Waals surface area contributed by atoms with E-state index in [0.29, 0.717) is 11.8 Å². The van der Waals surface area contributed by atoms with Crippen LogP contribution in [0.15, 0.2) is 29.1 Å². The summed E-state index contributed by atoms with van der Waals surface area (Å²) in [7, 11) is 0. The highest BCUT2D eigenvalue weighted by molar-refractivity contribution is 5.50. The molecule has 4 heteroatoms. The van der Waals surface area contributed by atoms with Crippen LogP contribution in [0.3, 0.4) is 0 Å². The van der Waals surface area contributed by atoms with E-state index in [0.717, 1.165) is 5.56 Å². The van der Waals surface area contributed by atoms with Gasteiger partial charge in [0.05, 0.1) is 5.56 Å². The lowest BCUT2D eigenvalue weighted by Crippen LogP contribution is -1.86. The predicted octanol–water partition coefficient (Wildman–Crippen LogP) is 2.01. The second-order valence-electron chi connectivity index (χ2n) is 3.49. The van der Waals surface area contributed by atoms with E-state index in [9.17, 15) is 0 Å². The summed E-state index contributed by atoms with van der Waals surface area (Å²) >= 11 is 0. The monoisotopic (exact) mass is 187 g/mol. The van der Waals surface area contributed by atoms with Crippen molar-refractivity contribution in [2.75, 3.05) is 0 Å². The maximum absolute atomic E-state index is 5.07. The molecule has 1 aliphatic rings. The van der Waals surface area contributed by atoms with Crippen molar-refractivity contribution in [3.63, 3.8) is 0 Å². The fraction of sp³-hybridized carbons (Fsp3) is 0.300. The van der Waals surface area contributed by atoms with Crippen molar-refractivity contribution in [1.82, 2.24) is 15.2 Å². The van der Waals surface area contributed by atoms with Gasteiger partial charge in [-0.2, -0.15) is 0 Å². The fourth-order valence-corrected chi connectivity index (χ4v) is 1.45. The van der Waals surface area contributed by atoms with Gasteiger partial charge >= 0.3 is 0 Å². The number of hydrogen-bond acceptors (Lipinski definition) is 4. The van der Waals surface area contributed by atoms with Gasteiger partial charge in [-0.3, -0.25) is 4.98 Å². The van der Waals surface area contributed by atoms with Crippen LogP contribution >= 0.6 is 0 Å². The molecule has 0 saturated heterocycles. The molecule has 14 heavy (non-hydrogen) atoms. The molecule has 0 atom stereocenters. The summed E-state index contributed by atoms with van der Waals surface area (Å²) in [5.41, 5.74) is 2.06. The van der Waals surface area contributed by atoms with E-state index in [1.165, 1.54) is 24.9 Å². The van der Waals surface area contributed by atoms with Gasteiger partial charge in [0.15, 0.2) is 0 Å². The summed E-state index contributed by atoms with van der Waals surface area (Å²) in [6, 6.07) is 4.02. The first-order valence-corrected chi connectivity index (χ1v) is 4.66. The van der Waals surface area contributed by atoms with Crippen LogP contribution in [0.2, 0.25) is 0 Å². The second kappa shape index (κ2) is 2.90. The Morgan fingerprint density at radius 2 is 2.21 bits per heavy atom. The lowest BCUT2D eigenvalue weighted by Gasteiger charge is -1.97. The minimum Gasteiger partial charge on any atom is -0.423 e. The maximum Gasteiger partial charge on any atom is 0.248 e. The van der Waals surface area contributed by atoms with Crippen molar-refractivity contribution < 1.29 is 4.42 Å². The molecule has 1 fully saturated rings. The van der Waals surface area contributed by atoms with Crippen molar-refractivity contribution in [3.8, 4) is 11.5 Å². The first-order chi connectivity index (χ1) is 6.93. The van der Waals surface area contributed by atoms with Crippen molar-refractivity contribution in [3.05, 3.63) is 30.4 Å². The van der Waals surface area contributed by atoms with E-state index < -0.39 is 0 Å². The number of pyridine rings is 1. The fourth-order valence-electron chi connectivity index (χ4n) is 1.45. The SMILES string of the molecule is c1nnc(-c2ccc(C3CC3)nc2)o1. The molecule has 1 saturated carbocycles. The Balaban J connectivity index is 1.93. The molecular weight excluding hydrogens is 178 g/mol. The lowest BCUT2D eigenvalue weighted by molar-refractivity contribution is 0.568. The number of hydrogen-bond donors (Lipinski definition) is 0. The summed E-state index contributed by atoms with van der Waals surface area (Å²) in [5, 5.41) is 7.44. The molecule has 0 amide bonds. The lowest BCUT2D eigenvalue weighted by atomic mass is 10.2. The molecule has 70 valence electrons. The Morgan fingerprint density at radius 3 is 2.79 bits per heavy atom. The van der Waals surface area contributed by atoms with E-state index in [2.05, 4.69) is 15.2 Å². The molecule has 2 aromatic heterocycles. The topological polar surface area (TPSA) is 51.8 Å². The summed E-state index contributed by atoms with van der Waals surface area (Å²) < 4.78 is 5.07. The zero-order valence-electron chi connectivity index (χ0n) is 7.55. The zero-order valence-corrected chi connectivity index (χ0v) is 7.55. The number of aromatic nitrogens is 3. The molecule has 0 N–H and O–H groups in total. The maximum atomic E-state index is 5.07. The third kappa shape index (κ3) is 1.28. The summed E-state index contributed by atoms with van der Waals surface area (Å²) in [5.74, 6) is 1.21. The molecule has 4 nitrogen and oxygen atoms in total. The second-order valence-corrected chi connectivity index (χ2v) is 3.49. The van der Waals surface area contributed by atoms with Gasteiger partial charge in [0.25, 0.3) is 0 Å². The van der Waals surface area contributed by atoms with Gasteiger partial charge < -0.3 is 4.42 Å². The molecule has 0 bridgehead atoms. The Morgan fingerprint density at radius 1 is 1.29 bits per heavy atom. The third-order valence-electron chi connectivity index (χ3n) is 2.39. The molecule has 0 unspecified atom stereocenters. The van der Waals surface area contributed by atoms with E-state index >= 15 is 0 Å².